The molecule has 0 fully saturated rings. The molecule has 0 amide bonds. The summed E-state index contributed by atoms with van der Waals surface area (Å²) in [6.07, 6.45) is 17.0. The fourth-order valence-electron chi connectivity index (χ4n) is 5.19. The Labute approximate surface area is 264 Å². The Hall–Kier alpha value is -1.77. The first-order valence-corrected chi connectivity index (χ1v) is 16.2. The third kappa shape index (κ3) is 14.8. The maximum atomic E-state index is 5.15. The maximum absolute atomic E-state index is 5.15. The SMILES string of the molecule is CCCCCCc1c(CC)cc(N=C(C)C(CC)=Nc2ccc(C)c(CCCC)c2)cc1CCCCC.C[N-]C.[Ni]. The minimum absolute atomic E-state index is 0. The molecule has 0 aliphatic rings. The number of rotatable bonds is 17. The van der Waals surface area contributed by atoms with Crippen LogP contribution in [0.25, 0.3) is 5.32 Å². The summed E-state index contributed by atoms with van der Waals surface area (Å²) in [4.78, 5) is 10.2. The monoisotopic (exact) mass is 604 g/mol. The molecule has 0 aliphatic heterocycles. The van der Waals surface area contributed by atoms with Crippen molar-refractivity contribution in [1.29, 1.82) is 0 Å². The Bertz CT molecular complexity index is 1040. The molecule has 234 valence electrons. The van der Waals surface area contributed by atoms with Crippen LogP contribution < -0.4 is 0 Å². The third-order valence-electron chi connectivity index (χ3n) is 7.58. The predicted molar refractivity (Wildman–Crippen MR) is 182 cm³/mol. The van der Waals surface area contributed by atoms with E-state index in [1.807, 2.05) is 0 Å². The first-order chi connectivity index (χ1) is 19.4. The molecule has 2 rings (SSSR count). The summed E-state index contributed by atoms with van der Waals surface area (Å²) < 4.78 is 0. The largest absolute Gasteiger partial charge is 0.668 e. The van der Waals surface area contributed by atoms with E-state index in [0.717, 1.165) is 42.1 Å². The van der Waals surface area contributed by atoms with Gasteiger partial charge < -0.3 is 5.32 Å². The second-order valence-corrected chi connectivity index (χ2v) is 11.1. The Balaban J connectivity index is 0.00000382. The molecule has 0 bridgehead atoms. The van der Waals surface area contributed by atoms with Crippen molar-refractivity contribution in [2.45, 2.75) is 138 Å². The zero-order valence-electron chi connectivity index (χ0n) is 27.9. The van der Waals surface area contributed by atoms with Gasteiger partial charge in [0.05, 0.1) is 22.8 Å². The number of benzene rings is 2. The number of aliphatic imine (C=N–C) groups is 2. The second-order valence-electron chi connectivity index (χ2n) is 11.1. The summed E-state index contributed by atoms with van der Waals surface area (Å²) in [6, 6.07) is 11.4. The maximum Gasteiger partial charge on any atom is 0.0639 e. The van der Waals surface area contributed by atoms with E-state index in [1.165, 1.54) is 92.9 Å². The summed E-state index contributed by atoms with van der Waals surface area (Å²) in [5.41, 5.74) is 11.7. The van der Waals surface area contributed by atoms with Gasteiger partial charge in [0.1, 0.15) is 0 Å². The molecular formula is C37H60N3Ni-. The van der Waals surface area contributed by atoms with Crippen molar-refractivity contribution in [2.24, 2.45) is 9.98 Å². The van der Waals surface area contributed by atoms with Crippen LogP contribution in [0.5, 0.6) is 0 Å². The van der Waals surface area contributed by atoms with Gasteiger partial charge in [-0.25, -0.2) is 0 Å². The summed E-state index contributed by atoms with van der Waals surface area (Å²) in [5, 5.41) is 3.50. The molecule has 0 N–H and O–H groups in total. The van der Waals surface area contributed by atoms with Gasteiger partial charge in [-0.1, -0.05) is 79.2 Å². The van der Waals surface area contributed by atoms with Crippen LogP contribution in [0.1, 0.15) is 134 Å². The third-order valence-corrected chi connectivity index (χ3v) is 7.58. The van der Waals surface area contributed by atoms with Gasteiger partial charge in [-0.3, -0.25) is 9.98 Å². The van der Waals surface area contributed by atoms with Crippen LogP contribution in [0, 0.1) is 6.92 Å². The van der Waals surface area contributed by atoms with Crippen molar-refractivity contribution in [2.75, 3.05) is 14.1 Å². The van der Waals surface area contributed by atoms with Crippen LogP contribution in [-0.2, 0) is 42.2 Å². The first-order valence-electron chi connectivity index (χ1n) is 16.2. The Kier molecular flexibility index (Phi) is 22.7. The van der Waals surface area contributed by atoms with E-state index in [0.29, 0.717) is 0 Å². The van der Waals surface area contributed by atoms with Crippen LogP contribution in [0.2, 0.25) is 0 Å². The van der Waals surface area contributed by atoms with E-state index >= 15 is 0 Å². The van der Waals surface area contributed by atoms with E-state index in [1.54, 1.807) is 19.7 Å². The molecule has 0 atom stereocenters. The fraction of sp³-hybridized carbons (Fsp3) is 0.622. The van der Waals surface area contributed by atoms with Gasteiger partial charge >= 0.3 is 0 Å². The Morgan fingerprint density at radius 3 is 1.83 bits per heavy atom. The molecule has 0 spiro atoms. The van der Waals surface area contributed by atoms with Gasteiger partial charge in [0.25, 0.3) is 0 Å². The summed E-state index contributed by atoms with van der Waals surface area (Å²) >= 11 is 0. The van der Waals surface area contributed by atoms with Gasteiger partial charge in [-0.2, -0.15) is 14.1 Å². The van der Waals surface area contributed by atoms with Crippen molar-refractivity contribution >= 4 is 22.8 Å². The molecule has 0 aromatic heterocycles. The second kappa shape index (κ2) is 23.8. The fourth-order valence-corrected chi connectivity index (χ4v) is 5.19. The topological polar surface area (TPSA) is 38.8 Å². The number of aryl methyl sites for hydroxylation is 4. The summed E-state index contributed by atoms with van der Waals surface area (Å²) in [7, 11) is 3.50. The summed E-state index contributed by atoms with van der Waals surface area (Å²) in [6.45, 7) is 15.7. The van der Waals surface area contributed by atoms with Gasteiger partial charge in [-0.05, 0) is 117 Å². The minimum atomic E-state index is 0. The molecule has 0 saturated heterocycles. The van der Waals surface area contributed by atoms with Gasteiger partial charge in [0, 0.05) is 16.5 Å². The van der Waals surface area contributed by atoms with Crippen molar-refractivity contribution in [3.63, 3.8) is 0 Å². The van der Waals surface area contributed by atoms with Gasteiger partial charge in [-0.15, -0.1) is 0 Å². The number of hydrogen-bond donors (Lipinski definition) is 0. The molecule has 4 heteroatoms. The zero-order valence-corrected chi connectivity index (χ0v) is 28.9. The van der Waals surface area contributed by atoms with Gasteiger partial charge in [0.15, 0.2) is 0 Å². The van der Waals surface area contributed by atoms with E-state index in [4.69, 9.17) is 9.98 Å². The molecule has 3 nitrogen and oxygen atoms in total. The van der Waals surface area contributed by atoms with Crippen molar-refractivity contribution < 1.29 is 16.5 Å². The molecular weight excluding hydrogens is 545 g/mol. The minimum Gasteiger partial charge on any atom is -0.668 e. The van der Waals surface area contributed by atoms with Gasteiger partial charge in [0.2, 0.25) is 0 Å². The van der Waals surface area contributed by atoms with E-state index < -0.39 is 0 Å². The number of unbranched alkanes of at least 4 members (excludes halogenated alkanes) is 6. The predicted octanol–water partition coefficient (Wildman–Crippen LogP) is 11.6. The standard InChI is InChI=1S/C35H54N2.C2H6N.Ni/c1-8-13-16-18-21-34-29(11-4)24-33(26-31(34)20-17-14-9-2)36-28(7)35(12-5)37-32-23-22-27(6)30(25-32)19-15-10-3;1-3-2;/h22-26H,8-21H2,1-7H3;1-2H3;/q;-1;. The number of nitrogens with zero attached hydrogens (tertiary/aromatic N) is 3. The number of hydrogen-bond acceptors (Lipinski definition) is 2. The quantitative estimate of drug-likeness (QED) is 0.0978. The van der Waals surface area contributed by atoms with Crippen LogP contribution in [0.3, 0.4) is 0 Å². The molecule has 0 saturated carbocycles. The first kappa shape index (κ1) is 39.2. The molecule has 0 unspecified atom stereocenters. The molecule has 0 heterocycles. The van der Waals surface area contributed by atoms with Crippen molar-refractivity contribution in [1.82, 2.24) is 0 Å². The summed E-state index contributed by atoms with van der Waals surface area (Å²) in [5.74, 6) is 0. The Morgan fingerprint density at radius 1 is 0.659 bits per heavy atom. The molecule has 41 heavy (non-hydrogen) atoms. The molecule has 0 aliphatic carbocycles. The van der Waals surface area contributed by atoms with Crippen LogP contribution in [-0.4, -0.2) is 25.5 Å². The average Bonchev–Trinajstić information content (AvgIpc) is 2.95. The van der Waals surface area contributed by atoms with Crippen LogP contribution in [0.15, 0.2) is 40.3 Å². The average molecular weight is 606 g/mol. The molecule has 2 aromatic carbocycles. The molecule has 0 radical (unpaired) electrons. The smallest absolute Gasteiger partial charge is 0.0639 e. The van der Waals surface area contributed by atoms with Crippen molar-refractivity contribution in [3.05, 3.63) is 63.5 Å². The normalized spacial score (nSPS) is 11.6. The molecule has 2 aromatic rings. The van der Waals surface area contributed by atoms with E-state index in [2.05, 4.69) is 84.1 Å². The van der Waals surface area contributed by atoms with Crippen molar-refractivity contribution in [3.8, 4) is 0 Å². The Morgan fingerprint density at radius 2 is 1.22 bits per heavy atom. The van der Waals surface area contributed by atoms with E-state index in [9.17, 15) is 0 Å². The van der Waals surface area contributed by atoms with E-state index in [-0.39, 0.29) is 16.5 Å². The van der Waals surface area contributed by atoms with Crippen LogP contribution >= 0.6 is 0 Å². The van der Waals surface area contributed by atoms with Crippen LogP contribution in [0.4, 0.5) is 11.4 Å². The zero-order chi connectivity index (χ0) is 29.8.